The van der Waals surface area contributed by atoms with E-state index in [-0.39, 0.29) is 17.9 Å². The van der Waals surface area contributed by atoms with Crippen molar-refractivity contribution in [2.24, 2.45) is 0 Å². The Balaban J connectivity index is 1.64. The molecule has 0 saturated heterocycles. The molecule has 1 aromatic heterocycles. The predicted octanol–water partition coefficient (Wildman–Crippen LogP) is 3.42. The molecule has 2 amide bonds. The minimum Gasteiger partial charge on any atom is -0.478 e. The van der Waals surface area contributed by atoms with Gasteiger partial charge in [0, 0.05) is 16.3 Å². The molecular weight excluding hydrogens is 396 g/mol. The van der Waals surface area contributed by atoms with Gasteiger partial charge in [-0.05, 0) is 35.9 Å². The average Bonchev–Trinajstić information content (AvgIpc) is 3.11. The van der Waals surface area contributed by atoms with Crippen LogP contribution in [-0.4, -0.2) is 32.7 Å². The smallest absolute Gasteiger partial charge is 0.335 e. The number of halogens is 1. The van der Waals surface area contributed by atoms with E-state index in [4.69, 9.17) is 16.7 Å². The van der Waals surface area contributed by atoms with Crippen molar-refractivity contribution >= 4 is 40.9 Å². The number of nitrogens with one attached hydrogen (secondary N) is 2. The summed E-state index contributed by atoms with van der Waals surface area (Å²) in [5, 5.41) is 19.4. The lowest BCUT2D eigenvalue weighted by Crippen LogP contribution is -2.35. The van der Waals surface area contributed by atoms with Crippen molar-refractivity contribution in [3.63, 3.8) is 0 Å². The summed E-state index contributed by atoms with van der Waals surface area (Å²) < 4.78 is 1.46. The molecule has 4 rings (SSSR count). The van der Waals surface area contributed by atoms with Crippen LogP contribution in [0.1, 0.15) is 22.8 Å². The molecule has 146 valence electrons. The molecule has 0 spiro atoms. The van der Waals surface area contributed by atoms with Gasteiger partial charge in [-0.25, -0.2) is 9.48 Å². The van der Waals surface area contributed by atoms with Gasteiger partial charge in [0.25, 0.3) is 0 Å². The SMILES string of the molecule is O=C1C[C@@H](C(=O)Nc2cccc(C(=O)O)c2)n2ncc(-c3ccc(Cl)cc3)c2N1. The minimum atomic E-state index is -1.10. The molecule has 0 unspecified atom stereocenters. The molecule has 3 N–H and O–H groups in total. The molecule has 0 saturated carbocycles. The van der Waals surface area contributed by atoms with Crippen molar-refractivity contribution in [3.8, 4) is 11.1 Å². The van der Waals surface area contributed by atoms with E-state index in [1.165, 1.54) is 22.9 Å². The first kappa shape index (κ1) is 18.7. The van der Waals surface area contributed by atoms with E-state index in [0.29, 0.717) is 22.1 Å². The number of hydrogen-bond acceptors (Lipinski definition) is 4. The van der Waals surface area contributed by atoms with E-state index in [2.05, 4.69) is 15.7 Å². The van der Waals surface area contributed by atoms with Gasteiger partial charge < -0.3 is 15.7 Å². The van der Waals surface area contributed by atoms with Gasteiger partial charge in [0.15, 0.2) is 0 Å². The molecule has 0 bridgehead atoms. The highest BCUT2D eigenvalue weighted by atomic mass is 35.5. The molecule has 9 heteroatoms. The second-order valence-corrected chi connectivity index (χ2v) is 6.94. The maximum absolute atomic E-state index is 12.8. The fourth-order valence-electron chi connectivity index (χ4n) is 3.17. The Morgan fingerprint density at radius 1 is 1.21 bits per heavy atom. The quantitative estimate of drug-likeness (QED) is 0.609. The number of carboxylic acids is 1. The summed E-state index contributed by atoms with van der Waals surface area (Å²) in [7, 11) is 0. The lowest BCUT2D eigenvalue weighted by atomic mass is 10.1. The summed E-state index contributed by atoms with van der Waals surface area (Å²) in [5.74, 6) is -1.45. The van der Waals surface area contributed by atoms with E-state index in [0.717, 1.165) is 5.56 Å². The molecule has 2 heterocycles. The number of fused-ring (bicyclic) bond motifs is 1. The third-order valence-electron chi connectivity index (χ3n) is 4.56. The Labute approximate surface area is 170 Å². The summed E-state index contributed by atoms with van der Waals surface area (Å²) in [6.45, 7) is 0. The molecule has 1 aliphatic heterocycles. The number of aromatic nitrogens is 2. The number of carbonyl (C=O) groups is 3. The predicted molar refractivity (Wildman–Crippen MR) is 107 cm³/mol. The number of carbonyl (C=O) groups excluding carboxylic acids is 2. The van der Waals surface area contributed by atoms with Crippen LogP contribution in [0, 0.1) is 0 Å². The number of benzene rings is 2. The van der Waals surface area contributed by atoms with E-state index >= 15 is 0 Å². The number of carboxylic acid groups (broad SMARTS) is 1. The van der Waals surface area contributed by atoms with Crippen LogP contribution in [0.25, 0.3) is 11.1 Å². The summed E-state index contributed by atoms with van der Waals surface area (Å²) in [6, 6.07) is 12.1. The lowest BCUT2D eigenvalue weighted by molar-refractivity contribution is -0.125. The van der Waals surface area contributed by atoms with E-state index in [9.17, 15) is 14.4 Å². The summed E-state index contributed by atoms with van der Waals surface area (Å²) in [6.07, 6.45) is 1.49. The van der Waals surface area contributed by atoms with Gasteiger partial charge in [-0.15, -0.1) is 0 Å². The zero-order valence-corrected chi connectivity index (χ0v) is 15.7. The molecule has 8 nitrogen and oxygen atoms in total. The van der Waals surface area contributed by atoms with Crippen LogP contribution in [0.2, 0.25) is 5.02 Å². The molecule has 0 aliphatic carbocycles. The van der Waals surface area contributed by atoms with Crippen molar-refractivity contribution in [2.45, 2.75) is 12.5 Å². The summed E-state index contributed by atoms with van der Waals surface area (Å²) >= 11 is 5.93. The highest BCUT2D eigenvalue weighted by Gasteiger charge is 2.33. The first-order valence-corrected chi connectivity index (χ1v) is 9.07. The maximum atomic E-state index is 12.8. The number of amides is 2. The highest BCUT2D eigenvalue weighted by Crippen LogP contribution is 2.34. The highest BCUT2D eigenvalue weighted by molar-refractivity contribution is 6.30. The largest absolute Gasteiger partial charge is 0.478 e. The average molecular weight is 411 g/mol. The molecule has 29 heavy (non-hydrogen) atoms. The Hall–Kier alpha value is -3.65. The van der Waals surface area contributed by atoms with Crippen LogP contribution >= 0.6 is 11.6 Å². The first-order valence-electron chi connectivity index (χ1n) is 8.70. The third kappa shape index (κ3) is 3.70. The Kier molecular flexibility index (Phi) is 4.77. The molecule has 0 radical (unpaired) electrons. The Bertz CT molecular complexity index is 1120. The molecule has 1 aliphatic rings. The normalized spacial score (nSPS) is 15.3. The molecule has 1 atom stereocenters. The van der Waals surface area contributed by atoms with Gasteiger partial charge in [-0.2, -0.15) is 5.10 Å². The van der Waals surface area contributed by atoms with E-state index in [1.54, 1.807) is 36.5 Å². The molecule has 0 fully saturated rings. The zero-order valence-electron chi connectivity index (χ0n) is 14.9. The second kappa shape index (κ2) is 7.40. The van der Waals surface area contributed by atoms with Crippen molar-refractivity contribution < 1.29 is 19.5 Å². The van der Waals surface area contributed by atoms with Crippen LogP contribution in [0.4, 0.5) is 11.5 Å². The van der Waals surface area contributed by atoms with Gasteiger partial charge in [-0.3, -0.25) is 9.59 Å². The first-order chi connectivity index (χ1) is 13.9. The Morgan fingerprint density at radius 3 is 2.69 bits per heavy atom. The lowest BCUT2D eigenvalue weighted by Gasteiger charge is -2.24. The Morgan fingerprint density at radius 2 is 1.97 bits per heavy atom. The van der Waals surface area contributed by atoms with Crippen molar-refractivity contribution in [2.75, 3.05) is 10.6 Å². The zero-order chi connectivity index (χ0) is 20.5. The van der Waals surface area contributed by atoms with Gasteiger partial charge in [-0.1, -0.05) is 29.8 Å². The van der Waals surface area contributed by atoms with Crippen molar-refractivity contribution in [3.05, 3.63) is 65.3 Å². The van der Waals surface area contributed by atoms with Crippen LogP contribution in [0.5, 0.6) is 0 Å². The van der Waals surface area contributed by atoms with Gasteiger partial charge in [0.05, 0.1) is 18.2 Å². The van der Waals surface area contributed by atoms with Crippen LogP contribution in [-0.2, 0) is 9.59 Å². The molecular formula is C20H15ClN4O4. The van der Waals surface area contributed by atoms with Gasteiger partial charge >= 0.3 is 5.97 Å². The van der Waals surface area contributed by atoms with Crippen LogP contribution in [0.15, 0.2) is 54.7 Å². The fourth-order valence-corrected chi connectivity index (χ4v) is 3.29. The van der Waals surface area contributed by atoms with Crippen LogP contribution < -0.4 is 10.6 Å². The maximum Gasteiger partial charge on any atom is 0.335 e. The monoisotopic (exact) mass is 410 g/mol. The van der Waals surface area contributed by atoms with Crippen molar-refractivity contribution in [1.29, 1.82) is 0 Å². The second-order valence-electron chi connectivity index (χ2n) is 6.50. The number of aromatic carboxylic acids is 1. The van der Waals surface area contributed by atoms with E-state index in [1.807, 2.05) is 0 Å². The standard InChI is InChI=1S/C20H15ClN4O4/c21-13-6-4-11(5-7-13)15-10-22-25-16(9-17(26)24-18(15)25)19(27)23-14-3-1-2-12(8-14)20(28)29/h1-8,10,16H,9H2,(H,23,27)(H,24,26)(H,28,29)/t16-/m0/s1. The summed E-state index contributed by atoms with van der Waals surface area (Å²) in [4.78, 5) is 36.2. The van der Waals surface area contributed by atoms with Gasteiger partial charge in [0.1, 0.15) is 11.9 Å². The number of hydrogen-bond donors (Lipinski definition) is 3. The van der Waals surface area contributed by atoms with Crippen molar-refractivity contribution in [1.82, 2.24) is 9.78 Å². The minimum absolute atomic E-state index is 0.0500. The number of nitrogens with zero attached hydrogens (tertiary/aromatic N) is 2. The third-order valence-corrected chi connectivity index (χ3v) is 4.81. The van der Waals surface area contributed by atoms with E-state index < -0.39 is 17.9 Å². The summed E-state index contributed by atoms with van der Waals surface area (Å²) in [5.41, 5.74) is 1.84. The van der Waals surface area contributed by atoms with Crippen LogP contribution in [0.3, 0.4) is 0 Å². The molecule has 2 aromatic carbocycles. The van der Waals surface area contributed by atoms with Gasteiger partial charge in [0.2, 0.25) is 11.8 Å². The topological polar surface area (TPSA) is 113 Å². The fraction of sp³-hybridized carbons (Fsp3) is 0.100. The molecule has 3 aromatic rings. The number of anilines is 2. The number of rotatable bonds is 4.